The largest absolute Gasteiger partial charge is 0.487 e. The van der Waals surface area contributed by atoms with Gasteiger partial charge in [-0.3, -0.25) is 9.59 Å². The minimum atomic E-state index is -0.743. The highest BCUT2D eigenvalue weighted by Gasteiger charge is 2.43. The summed E-state index contributed by atoms with van der Waals surface area (Å²) < 4.78 is 5.94. The molecule has 4 aromatic carbocycles. The van der Waals surface area contributed by atoms with Gasteiger partial charge in [0.1, 0.15) is 17.9 Å². The van der Waals surface area contributed by atoms with E-state index < -0.39 is 17.8 Å². The number of rotatable bonds is 6. The van der Waals surface area contributed by atoms with Gasteiger partial charge in [-0.05, 0) is 67.4 Å². The molecular formula is C32H25ClN2O4. The van der Waals surface area contributed by atoms with Gasteiger partial charge < -0.3 is 4.74 Å². The molecule has 4 aromatic rings. The fourth-order valence-corrected chi connectivity index (χ4v) is 4.79. The number of anilines is 2. The summed E-state index contributed by atoms with van der Waals surface area (Å²) in [6.07, 6.45) is 1.45. The zero-order valence-electron chi connectivity index (χ0n) is 21.4. The molecule has 4 amide bonds. The van der Waals surface area contributed by atoms with Crippen molar-refractivity contribution in [3.63, 3.8) is 0 Å². The second kappa shape index (κ2) is 11.0. The van der Waals surface area contributed by atoms with E-state index in [1.54, 1.807) is 78.9 Å². The van der Waals surface area contributed by atoms with Crippen LogP contribution in [0.5, 0.6) is 5.75 Å². The number of amides is 4. The van der Waals surface area contributed by atoms with E-state index in [-0.39, 0.29) is 5.57 Å². The normalized spacial score (nSPS) is 13.6. The van der Waals surface area contributed by atoms with Gasteiger partial charge in [-0.15, -0.1) is 0 Å². The van der Waals surface area contributed by atoms with E-state index in [1.807, 2.05) is 13.8 Å². The zero-order chi connectivity index (χ0) is 27.5. The monoisotopic (exact) mass is 536 g/mol. The van der Waals surface area contributed by atoms with Crippen molar-refractivity contribution >= 4 is 46.9 Å². The van der Waals surface area contributed by atoms with Gasteiger partial charge in [-0.25, -0.2) is 14.6 Å². The molecule has 0 N–H and O–H groups in total. The van der Waals surface area contributed by atoms with E-state index in [9.17, 15) is 14.4 Å². The van der Waals surface area contributed by atoms with Crippen LogP contribution < -0.4 is 14.5 Å². The van der Waals surface area contributed by atoms with Crippen molar-refractivity contribution < 1.29 is 19.1 Å². The van der Waals surface area contributed by atoms with Crippen LogP contribution in [0.15, 0.2) is 103 Å². The molecule has 1 saturated heterocycles. The SMILES string of the molecule is Cc1cc(C)cc(COc2ccc(C=C3C(=O)N(c4ccccc4)C(=O)N(c4ccccc4)C3=O)cc2Cl)c1. The topological polar surface area (TPSA) is 66.9 Å². The van der Waals surface area contributed by atoms with E-state index in [0.717, 1.165) is 26.5 Å². The number of aryl methyl sites for hydroxylation is 2. The summed E-state index contributed by atoms with van der Waals surface area (Å²) in [7, 11) is 0. The van der Waals surface area contributed by atoms with E-state index in [0.29, 0.717) is 34.3 Å². The number of imide groups is 2. The molecule has 194 valence electrons. The van der Waals surface area contributed by atoms with Crippen molar-refractivity contribution in [2.45, 2.75) is 20.5 Å². The van der Waals surface area contributed by atoms with Crippen molar-refractivity contribution in [3.05, 3.63) is 130 Å². The number of halogens is 1. The van der Waals surface area contributed by atoms with Gasteiger partial charge >= 0.3 is 6.03 Å². The first-order valence-electron chi connectivity index (χ1n) is 12.4. The number of benzene rings is 4. The molecule has 1 aliphatic heterocycles. The molecule has 0 aliphatic carbocycles. The number of barbiturate groups is 1. The Morgan fingerprint density at radius 2 is 1.26 bits per heavy atom. The molecule has 7 heteroatoms. The first kappa shape index (κ1) is 25.9. The van der Waals surface area contributed by atoms with Crippen LogP contribution in [0.25, 0.3) is 6.08 Å². The quantitative estimate of drug-likeness (QED) is 0.194. The van der Waals surface area contributed by atoms with Crippen LogP contribution in [-0.4, -0.2) is 17.8 Å². The van der Waals surface area contributed by atoms with Crippen LogP contribution in [0.2, 0.25) is 5.02 Å². The zero-order valence-corrected chi connectivity index (χ0v) is 22.2. The van der Waals surface area contributed by atoms with Crippen molar-refractivity contribution in [2.75, 3.05) is 9.80 Å². The highest BCUT2D eigenvalue weighted by molar-refractivity contribution is 6.46. The number of carbonyl (C=O) groups excluding carboxylic acids is 3. The van der Waals surface area contributed by atoms with Crippen molar-refractivity contribution in [1.82, 2.24) is 0 Å². The molecule has 0 radical (unpaired) electrons. The Kier molecular flexibility index (Phi) is 7.30. The van der Waals surface area contributed by atoms with E-state index in [2.05, 4.69) is 18.2 Å². The maximum absolute atomic E-state index is 13.5. The van der Waals surface area contributed by atoms with Crippen molar-refractivity contribution in [3.8, 4) is 5.75 Å². The van der Waals surface area contributed by atoms with Crippen LogP contribution in [0, 0.1) is 13.8 Å². The molecule has 5 rings (SSSR count). The molecule has 0 aromatic heterocycles. The fraction of sp³-hybridized carbons (Fsp3) is 0.0938. The van der Waals surface area contributed by atoms with E-state index in [4.69, 9.17) is 16.3 Å². The summed E-state index contributed by atoms with van der Waals surface area (Å²) in [6.45, 7) is 4.41. The Morgan fingerprint density at radius 1 is 0.718 bits per heavy atom. The minimum absolute atomic E-state index is 0.165. The number of urea groups is 1. The molecule has 1 fully saturated rings. The van der Waals surface area contributed by atoms with Crippen molar-refractivity contribution in [1.29, 1.82) is 0 Å². The third-order valence-electron chi connectivity index (χ3n) is 6.22. The first-order chi connectivity index (χ1) is 18.8. The molecule has 1 aliphatic rings. The molecule has 6 nitrogen and oxygen atoms in total. The lowest BCUT2D eigenvalue weighted by Crippen LogP contribution is -2.57. The Labute approximate surface area is 231 Å². The highest BCUT2D eigenvalue weighted by Crippen LogP contribution is 2.31. The van der Waals surface area contributed by atoms with Gasteiger partial charge in [0.05, 0.1) is 16.4 Å². The summed E-state index contributed by atoms with van der Waals surface area (Å²) in [5.74, 6) is -0.949. The fourth-order valence-electron chi connectivity index (χ4n) is 4.54. The number of hydrogen-bond acceptors (Lipinski definition) is 4. The van der Waals surface area contributed by atoms with Gasteiger partial charge in [0, 0.05) is 0 Å². The standard InChI is InChI=1S/C32H25ClN2O4/c1-21-15-22(2)17-24(16-21)20-39-29-14-13-23(19-28(29)33)18-27-30(36)34(25-9-5-3-6-10-25)32(38)35(31(27)37)26-11-7-4-8-12-26/h3-19H,20H2,1-2H3. The van der Waals surface area contributed by atoms with Gasteiger partial charge in [-0.2, -0.15) is 0 Å². The van der Waals surface area contributed by atoms with Gasteiger partial charge in [-0.1, -0.05) is 83.4 Å². The predicted molar refractivity (Wildman–Crippen MR) is 153 cm³/mol. The van der Waals surface area contributed by atoms with Crippen LogP contribution in [0.1, 0.15) is 22.3 Å². The average molecular weight is 537 g/mol. The second-order valence-electron chi connectivity index (χ2n) is 9.27. The molecule has 0 saturated carbocycles. The van der Waals surface area contributed by atoms with E-state index in [1.165, 1.54) is 6.08 Å². The smallest absolute Gasteiger partial charge is 0.343 e. The Balaban J connectivity index is 1.47. The Hall–Kier alpha value is -4.68. The van der Waals surface area contributed by atoms with Gasteiger partial charge in [0.15, 0.2) is 0 Å². The maximum Gasteiger partial charge on any atom is 0.343 e. The maximum atomic E-state index is 13.5. The number of para-hydroxylation sites is 2. The highest BCUT2D eigenvalue weighted by atomic mass is 35.5. The van der Waals surface area contributed by atoms with Crippen molar-refractivity contribution in [2.24, 2.45) is 0 Å². The molecule has 0 bridgehead atoms. The third kappa shape index (κ3) is 5.47. The van der Waals surface area contributed by atoms with Crippen LogP contribution in [-0.2, 0) is 16.2 Å². The lowest BCUT2D eigenvalue weighted by molar-refractivity contribution is -0.121. The molecular weight excluding hydrogens is 512 g/mol. The van der Waals surface area contributed by atoms with Crippen LogP contribution in [0.3, 0.4) is 0 Å². The van der Waals surface area contributed by atoms with E-state index >= 15 is 0 Å². The second-order valence-corrected chi connectivity index (χ2v) is 9.67. The summed E-state index contributed by atoms with van der Waals surface area (Å²) in [6, 6.07) is 27.5. The lowest BCUT2D eigenvalue weighted by Gasteiger charge is -2.33. The Morgan fingerprint density at radius 3 is 1.77 bits per heavy atom. The van der Waals surface area contributed by atoms with Crippen LogP contribution in [0.4, 0.5) is 16.2 Å². The third-order valence-corrected chi connectivity index (χ3v) is 6.52. The summed E-state index contributed by atoms with van der Waals surface area (Å²) in [5, 5.41) is 0.334. The molecule has 0 atom stereocenters. The molecule has 0 unspecified atom stereocenters. The number of ether oxygens (including phenoxy) is 1. The Bertz CT molecular complexity index is 1520. The molecule has 39 heavy (non-hydrogen) atoms. The number of nitrogens with zero attached hydrogens (tertiary/aromatic N) is 2. The molecule has 1 heterocycles. The first-order valence-corrected chi connectivity index (χ1v) is 12.7. The predicted octanol–water partition coefficient (Wildman–Crippen LogP) is 7.12. The summed E-state index contributed by atoms with van der Waals surface area (Å²) in [5.41, 5.74) is 4.40. The minimum Gasteiger partial charge on any atom is -0.487 e. The van der Waals surface area contributed by atoms with Crippen LogP contribution >= 0.6 is 11.6 Å². The number of hydrogen-bond donors (Lipinski definition) is 0. The molecule has 0 spiro atoms. The lowest BCUT2D eigenvalue weighted by atomic mass is 10.0. The summed E-state index contributed by atoms with van der Waals surface area (Å²) in [4.78, 5) is 42.5. The van der Waals surface area contributed by atoms with Gasteiger partial charge in [0.25, 0.3) is 11.8 Å². The number of carbonyl (C=O) groups is 3. The van der Waals surface area contributed by atoms with Gasteiger partial charge in [0.2, 0.25) is 0 Å². The summed E-state index contributed by atoms with van der Waals surface area (Å²) >= 11 is 6.52. The average Bonchev–Trinajstić information content (AvgIpc) is 2.91.